The fourth-order valence-electron chi connectivity index (χ4n) is 6.99. The molecule has 4 nitrogen and oxygen atoms in total. The van der Waals surface area contributed by atoms with E-state index in [0.29, 0.717) is 5.92 Å². The molecule has 0 saturated heterocycles. The topological polar surface area (TPSA) is 63.3 Å². The van der Waals surface area contributed by atoms with Gasteiger partial charge in [-0.3, -0.25) is 9.78 Å². The first-order chi connectivity index (χ1) is 24.5. The number of fused-ring (bicyclic) bond motifs is 6. The number of aromatic nitrogens is 1. The van der Waals surface area contributed by atoms with Gasteiger partial charge >= 0.3 is 0 Å². The van der Waals surface area contributed by atoms with Crippen molar-refractivity contribution in [1.82, 2.24) is 4.98 Å². The number of nitrogens with zero attached hydrogens (tertiary/aromatic N) is 1. The van der Waals surface area contributed by atoms with Gasteiger partial charge in [0, 0.05) is 74.6 Å². The first-order valence-corrected chi connectivity index (χ1v) is 20.0. The molecule has 3 aromatic carbocycles. The second-order valence-corrected chi connectivity index (χ2v) is 17.7. The number of aliphatic hydroxyl groups excluding tert-OH is 1. The van der Waals surface area contributed by atoms with Crippen LogP contribution in [0, 0.1) is 29.7 Å². The van der Waals surface area contributed by atoms with E-state index in [1.54, 1.807) is 0 Å². The molecule has 3 aromatic heterocycles. The third-order valence-corrected chi connectivity index (χ3v) is 12.9. The van der Waals surface area contributed by atoms with E-state index in [4.69, 9.17) is 9.40 Å². The second-order valence-electron chi connectivity index (χ2n) is 16.5. The Kier molecular flexibility index (Phi) is 13.3. The van der Waals surface area contributed by atoms with Crippen LogP contribution in [0.25, 0.3) is 54.1 Å². The van der Waals surface area contributed by atoms with Crippen LogP contribution in [0.5, 0.6) is 0 Å². The Morgan fingerprint density at radius 1 is 0.906 bits per heavy atom. The molecular weight excluding hydrogens is 851 g/mol. The number of hydrogen-bond donors (Lipinski definition) is 1. The number of pyridine rings is 1. The number of carbonyl (C=O) groups is 1. The molecule has 0 aliphatic carbocycles. The maximum absolute atomic E-state index is 12.2. The second kappa shape index (κ2) is 16.6. The van der Waals surface area contributed by atoms with Gasteiger partial charge in [0.1, 0.15) is 16.9 Å². The van der Waals surface area contributed by atoms with Gasteiger partial charge < -0.3 is 9.52 Å². The number of furan rings is 1. The molecule has 0 bridgehead atoms. The predicted octanol–water partition coefficient (Wildman–Crippen LogP) is 14.3. The smallest absolute Gasteiger partial charge is 0.164 e. The quantitative estimate of drug-likeness (QED) is 0.0845. The van der Waals surface area contributed by atoms with Gasteiger partial charge in [0.15, 0.2) is 5.78 Å². The van der Waals surface area contributed by atoms with Crippen molar-refractivity contribution in [3.8, 4) is 11.3 Å². The number of rotatable bonds is 10. The molecule has 6 rings (SSSR count). The van der Waals surface area contributed by atoms with Gasteiger partial charge in [0.25, 0.3) is 0 Å². The van der Waals surface area contributed by atoms with Crippen molar-refractivity contribution in [2.45, 2.75) is 121 Å². The van der Waals surface area contributed by atoms with E-state index >= 15 is 0 Å². The van der Waals surface area contributed by atoms with Crippen molar-refractivity contribution in [3.63, 3.8) is 0 Å². The Labute approximate surface area is 334 Å². The van der Waals surface area contributed by atoms with Gasteiger partial charge in [0.2, 0.25) is 0 Å². The van der Waals surface area contributed by atoms with Gasteiger partial charge in [0.05, 0.1) is 0 Å². The van der Waals surface area contributed by atoms with Crippen LogP contribution in [0.2, 0.25) is 0 Å². The summed E-state index contributed by atoms with van der Waals surface area (Å²) in [7, 11) is 0. The zero-order valence-corrected chi connectivity index (χ0v) is 37.1. The molecule has 0 aliphatic heterocycles. The Hall–Kier alpha value is -3.31. The van der Waals surface area contributed by atoms with Crippen LogP contribution >= 0.6 is 11.3 Å². The van der Waals surface area contributed by atoms with Gasteiger partial charge in [-0.15, -0.1) is 40.5 Å². The summed E-state index contributed by atoms with van der Waals surface area (Å²) in [5.74, 6) is 0.915. The van der Waals surface area contributed by atoms with Crippen LogP contribution in [-0.4, -0.2) is 15.9 Å². The average Bonchev–Trinajstić information content (AvgIpc) is 3.66. The number of hydrogen-bond acceptors (Lipinski definition) is 5. The van der Waals surface area contributed by atoms with E-state index < -0.39 is 0 Å². The molecule has 0 amide bonds. The van der Waals surface area contributed by atoms with E-state index in [9.17, 15) is 9.90 Å². The van der Waals surface area contributed by atoms with Crippen LogP contribution in [0.15, 0.2) is 71.0 Å². The van der Waals surface area contributed by atoms with E-state index in [1.165, 1.54) is 37.6 Å². The zero-order chi connectivity index (χ0) is 38.2. The van der Waals surface area contributed by atoms with Crippen molar-refractivity contribution in [1.29, 1.82) is 0 Å². The summed E-state index contributed by atoms with van der Waals surface area (Å²) in [6.45, 7) is 25.7. The van der Waals surface area contributed by atoms with Gasteiger partial charge in [-0.1, -0.05) is 105 Å². The fourth-order valence-corrected chi connectivity index (χ4v) is 8.41. The summed E-state index contributed by atoms with van der Waals surface area (Å²) in [5, 5.41) is 16.0. The number of aryl methyl sites for hydroxylation is 1. The number of thiophene rings is 1. The summed E-state index contributed by atoms with van der Waals surface area (Å²) in [4.78, 5) is 18.5. The minimum atomic E-state index is -0.337. The van der Waals surface area contributed by atoms with E-state index in [0.717, 1.165) is 70.7 Å². The monoisotopic (exact) mass is 909 g/mol. The van der Waals surface area contributed by atoms with Crippen LogP contribution in [0.3, 0.4) is 0 Å². The number of allylic oxidation sites excluding steroid dienone is 2. The van der Waals surface area contributed by atoms with E-state index in [2.05, 4.69) is 90.1 Å². The van der Waals surface area contributed by atoms with Crippen LogP contribution in [0.1, 0.15) is 118 Å². The molecule has 0 unspecified atom stereocenters. The summed E-state index contributed by atoms with van der Waals surface area (Å²) >= 11 is 1.90. The molecule has 0 atom stereocenters. The molecule has 6 heteroatoms. The fraction of sp³-hybridized carbons (Fsp3) is 0.447. The van der Waals surface area contributed by atoms with Crippen LogP contribution in [0.4, 0.5) is 0 Å². The molecule has 1 N–H and O–H groups in total. The molecule has 285 valence electrons. The average molecular weight is 909 g/mol. The van der Waals surface area contributed by atoms with Gasteiger partial charge in [-0.05, 0) is 74.1 Å². The Morgan fingerprint density at radius 2 is 1.55 bits per heavy atom. The SMILES string of the molecule is CCC(C)(CC)C(=O)/C=C(\O)C(C)(CC)CC.Cc1c(CC(C)C)sc2ccc3c(oc4ccnc(-c5[c-]c6ccccc6c(C(C)(C)C)c5)c43)c12.[Ir]. The molecule has 6 aromatic rings. The zero-order valence-electron chi connectivity index (χ0n) is 33.8. The molecule has 3 heterocycles. The van der Waals surface area contributed by atoms with Gasteiger partial charge in [-0.25, -0.2) is 0 Å². The Morgan fingerprint density at radius 3 is 2.15 bits per heavy atom. The Balaban J connectivity index is 0.000000299. The maximum Gasteiger partial charge on any atom is 0.164 e. The molecular formula is C47H58IrNO3S-. The van der Waals surface area contributed by atoms with Gasteiger partial charge in [-0.2, -0.15) is 0 Å². The normalized spacial score (nSPS) is 12.8. The molecule has 53 heavy (non-hydrogen) atoms. The molecule has 0 fully saturated rings. The van der Waals surface area contributed by atoms with Crippen molar-refractivity contribution in [2.24, 2.45) is 16.7 Å². The first kappa shape index (κ1) is 42.4. The summed E-state index contributed by atoms with van der Waals surface area (Å²) < 4.78 is 7.86. The molecule has 1 radical (unpaired) electrons. The molecule has 0 aliphatic rings. The first-order valence-electron chi connectivity index (χ1n) is 19.1. The predicted molar refractivity (Wildman–Crippen MR) is 224 cm³/mol. The number of carbonyl (C=O) groups excluding carboxylic acids is 1. The standard InChI is InChI=1S/C32H30NOS.C15H28O2.Ir/c1-18(2)15-27-19(3)28-26(35-27)12-11-23-29-25(34-31(23)28)13-14-33-30(29)21-16-20-9-7-8-10-22(20)24(17-21)32(4,5)6;1-7-14(5,8-2)12(16)11-13(17)15(6,9-3)10-4;/h7-14,17-18H,15H2,1-6H3;11,16H,7-10H2,1-6H3;/q-1;;/b;12-11-;. The van der Waals surface area contributed by atoms with Crippen LogP contribution < -0.4 is 0 Å². The minimum absolute atomic E-state index is 0. The van der Waals surface area contributed by atoms with Crippen molar-refractivity contribution in [2.75, 3.05) is 0 Å². The largest absolute Gasteiger partial charge is 0.512 e. The van der Waals surface area contributed by atoms with Crippen molar-refractivity contribution in [3.05, 3.63) is 88.6 Å². The summed E-state index contributed by atoms with van der Waals surface area (Å²) in [6.07, 6.45) is 7.72. The van der Waals surface area contributed by atoms with E-state index in [1.807, 2.05) is 65.1 Å². The number of ketones is 1. The third kappa shape index (κ3) is 8.36. The minimum Gasteiger partial charge on any atom is -0.512 e. The summed E-state index contributed by atoms with van der Waals surface area (Å²) in [6, 6.07) is 21.0. The Bertz CT molecular complexity index is 2260. The third-order valence-electron chi connectivity index (χ3n) is 11.6. The number of benzene rings is 3. The van der Waals surface area contributed by atoms with E-state index in [-0.39, 0.29) is 47.9 Å². The maximum atomic E-state index is 12.2. The number of aliphatic hydroxyl groups is 1. The molecule has 0 spiro atoms. The van der Waals surface area contributed by atoms with Crippen LogP contribution in [-0.2, 0) is 36.7 Å². The van der Waals surface area contributed by atoms with Crippen molar-refractivity contribution < 1.29 is 34.4 Å². The van der Waals surface area contributed by atoms with Crippen molar-refractivity contribution >= 4 is 59.9 Å². The molecule has 0 saturated carbocycles. The summed E-state index contributed by atoms with van der Waals surface area (Å²) in [5.41, 5.74) is 5.88.